The second-order valence-electron chi connectivity index (χ2n) is 8.91. The Labute approximate surface area is 211 Å². The molecule has 0 radical (unpaired) electrons. The van der Waals surface area contributed by atoms with Crippen LogP contribution in [0.3, 0.4) is 0 Å². The Bertz CT molecular complexity index is 1290. The smallest absolute Gasteiger partial charge is 0.211 e. The molecule has 0 unspecified atom stereocenters. The van der Waals surface area contributed by atoms with Gasteiger partial charge < -0.3 is 23.7 Å². The van der Waals surface area contributed by atoms with Crippen LogP contribution in [0.1, 0.15) is 6.42 Å². The van der Waals surface area contributed by atoms with Gasteiger partial charge in [-0.3, -0.25) is 0 Å². The summed E-state index contributed by atoms with van der Waals surface area (Å²) in [5.41, 5.74) is 3.34. The van der Waals surface area contributed by atoms with E-state index in [4.69, 9.17) is 26.1 Å². The van der Waals surface area contributed by atoms with Crippen molar-refractivity contribution in [3.63, 3.8) is 0 Å². The maximum absolute atomic E-state index is 11.8. The molecule has 0 aliphatic carbocycles. The number of pyridine rings is 1. The molecule has 3 heterocycles. The van der Waals surface area contributed by atoms with Gasteiger partial charge in [0.2, 0.25) is 10.0 Å². The average molecular weight is 522 g/mol. The van der Waals surface area contributed by atoms with Crippen molar-refractivity contribution in [3.05, 3.63) is 41.7 Å². The molecule has 35 heavy (non-hydrogen) atoms. The van der Waals surface area contributed by atoms with Crippen molar-refractivity contribution in [2.24, 2.45) is 0 Å². The molecule has 190 valence electrons. The van der Waals surface area contributed by atoms with Crippen molar-refractivity contribution < 1.29 is 17.9 Å². The molecule has 0 atom stereocenters. The molecule has 1 aliphatic heterocycles. The number of imidazole rings is 1. The van der Waals surface area contributed by atoms with Crippen LogP contribution in [-0.4, -0.2) is 93.8 Å². The highest BCUT2D eigenvalue weighted by Gasteiger charge is 2.24. The minimum Gasteiger partial charge on any atom is -0.495 e. The van der Waals surface area contributed by atoms with Crippen LogP contribution in [0.25, 0.3) is 16.9 Å². The molecule has 0 N–H and O–H groups in total. The van der Waals surface area contributed by atoms with Crippen LogP contribution in [0.2, 0.25) is 5.02 Å². The number of sulfonamides is 1. The standard InChI is InChI=1S/C24H32ClN5O4S/c1-27(2)7-5-13-34-22-16-23(33-3)20(25)15-19(22)21-17-29-8-6-18(14-24(29)26-21)28-9-11-30(12-10-28)35(4,31)32/h6,8,14-17H,5,7,9-13H2,1-4H3. The van der Waals surface area contributed by atoms with Crippen LogP contribution >= 0.6 is 11.6 Å². The Morgan fingerprint density at radius 2 is 1.86 bits per heavy atom. The van der Waals surface area contributed by atoms with Gasteiger partial charge in [-0.1, -0.05) is 11.6 Å². The average Bonchev–Trinajstić information content (AvgIpc) is 3.25. The number of halogens is 1. The summed E-state index contributed by atoms with van der Waals surface area (Å²) in [7, 11) is 2.49. The molecule has 4 rings (SSSR count). The van der Waals surface area contributed by atoms with Gasteiger partial charge in [-0.15, -0.1) is 0 Å². The highest BCUT2D eigenvalue weighted by atomic mass is 35.5. The maximum Gasteiger partial charge on any atom is 0.211 e. The molecule has 1 fully saturated rings. The van der Waals surface area contributed by atoms with Gasteiger partial charge in [-0.05, 0) is 32.6 Å². The van der Waals surface area contributed by atoms with E-state index in [1.54, 1.807) is 7.11 Å². The molecule has 1 aromatic carbocycles. The van der Waals surface area contributed by atoms with Crippen molar-refractivity contribution in [1.82, 2.24) is 18.6 Å². The number of piperazine rings is 1. The first-order chi connectivity index (χ1) is 16.7. The van der Waals surface area contributed by atoms with Crippen LogP contribution in [0.15, 0.2) is 36.7 Å². The normalized spacial score (nSPS) is 15.2. The number of aromatic nitrogens is 2. The molecule has 3 aromatic rings. The first-order valence-corrected chi connectivity index (χ1v) is 13.7. The Morgan fingerprint density at radius 3 is 2.51 bits per heavy atom. The van der Waals surface area contributed by atoms with Gasteiger partial charge in [-0.2, -0.15) is 4.31 Å². The van der Waals surface area contributed by atoms with Gasteiger partial charge in [0.1, 0.15) is 17.1 Å². The maximum atomic E-state index is 11.8. The van der Waals surface area contributed by atoms with Crippen LogP contribution in [0.5, 0.6) is 11.5 Å². The monoisotopic (exact) mass is 521 g/mol. The SMILES string of the molecule is COc1cc(OCCCN(C)C)c(-c2cn3ccc(N4CCN(S(C)(=O)=O)CC4)cc3n2)cc1Cl. The summed E-state index contributed by atoms with van der Waals surface area (Å²) >= 11 is 6.45. The van der Waals surface area contributed by atoms with Crippen molar-refractivity contribution in [3.8, 4) is 22.8 Å². The lowest BCUT2D eigenvalue weighted by Gasteiger charge is -2.34. The van der Waals surface area contributed by atoms with Crippen LogP contribution in [0, 0.1) is 0 Å². The molecule has 0 amide bonds. The molecule has 9 nitrogen and oxygen atoms in total. The second-order valence-corrected chi connectivity index (χ2v) is 11.3. The van der Waals surface area contributed by atoms with E-state index in [9.17, 15) is 8.42 Å². The molecule has 1 aliphatic rings. The number of benzene rings is 1. The lowest BCUT2D eigenvalue weighted by Crippen LogP contribution is -2.48. The molecule has 1 saturated heterocycles. The highest BCUT2D eigenvalue weighted by molar-refractivity contribution is 7.88. The van der Waals surface area contributed by atoms with E-state index in [2.05, 4.69) is 9.80 Å². The Morgan fingerprint density at radius 1 is 1.11 bits per heavy atom. The molecule has 2 aromatic heterocycles. The zero-order chi connectivity index (χ0) is 25.2. The van der Waals surface area contributed by atoms with Crippen molar-refractivity contribution in [2.45, 2.75) is 6.42 Å². The number of nitrogens with zero attached hydrogens (tertiary/aromatic N) is 5. The number of rotatable bonds is 9. The summed E-state index contributed by atoms with van der Waals surface area (Å²) in [4.78, 5) is 9.15. The molecular weight excluding hydrogens is 490 g/mol. The molecule has 0 spiro atoms. The number of hydrogen-bond acceptors (Lipinski definition) is 7. The van der Waals surface area contributed by atoms with Crippen LogP contribution in [0.4, 0.5) is 5.69 Å². The fraction of sp³-hybridized carbons (Fsp3) is 0.458. The Balaban J connectivity index is 1.59. The minimum atomic E-state index is -3.16. The van der Waals surface area contributed by atoms with E-state index in [-0.39, 0.29) is 0 Å². The number of methoxy groups -OCH3 is 1. The second kappa shape index (κ2) is 10.6. The van der Waals surface area contributed by atoms with Crippen LogP contribution in [-0.2, 0) is 10.0 Å². The van der Waals surface area contributed by atoms with Gasteiger partial charge in [0, 0.05) is 68.5 Å². The largest absolute Gasteiger partial charge is 0.495 e. The zero-order valence-electron chi connectivity index (χ0n) is 20.6. The van der Waals surface area contributed by atoms with Crippen molar-refractivity contribution in [1.29, 1.82) is 0 Å². The summed E-state index contributed by atoms with van der Waals surface area (Å²) in [5.74, 6) is 1.22. The van der Waals surface area contributed by atoms with Gasteiger partial charge >= 0.3 is 0 Å². The summed E-state index contributed by atoms with van der Waals surface area (Å²) in [6, 6.07) is 7.68. The lowest BCUT2D eigenvalue weighted by atomic mass is 10.1. The summed E-state index contributed by atoms with van der Waals surface area (Å²) in [5, 5.41) is 0.490. The van der Waals surface area contributed by atoms with E-state index >= 15 is 0 Å². The highest BCUT2D eigenvalue weighted by Crippen LogP contribution is 2.38. The summed E-state index contributed by atoms with van der Waals surface area (Å²) in [6.07, 6.45) is 6.06. The third-order valence-corrected chi connectivity index (χ3v) is 7.65. The van der Waals surface area contributed by atoms with E-state index < -0.39 is 10.0 Å². The predicted octanol–water partition coefficient (Wildman–Crippen LogP) is 3.08. The lowest BCUT2D eigenvalue weighted by molar-refractivity contribution is 0.281. The third-order valence-electron chi connectivity index (χ3n) is 6.05. The fourth-order valence-corrected chi connectivity index (χ4v) is 5.22. The molecule has 0 bridgehead atoms. The third kappa shape index (κ3) is 6.00. The van der Waals surface area contributed by atoms with Gasteiger partial charge in [0.05, 0.1) is 30.7 Å². The summed E-state index contributed by atoms with van der Waals surface area (Å²) in [6.45, 7) is 3.71. The molecule has 0 saturated carbocycles. The van der Waals surface area contributed by atoms with Gasteiger partial charge in [-0.25, -0.2) is 13.4 Å². The first-order valence-electron chi connectivity index (χ1n) is 11.5. The quantitative estimate of drug-likeness (QED) is 0.400. The van der Waals surface area contributed by atoms with Gasteiger partial charge in [0.25, 0.3) is 0 Å². The van der Waals surface area contributed by atoms with E-state index in [0.717, 1.165) is 35.6 Å². The minimum absolute atomic E-state index is 0.475. The zero-order valence-corrected chi connectivity index (χ0v) is 22.1. The summed E-state index contributed by atoms with van der Waals surface area (Å²) < 4.78 is 38.6. The van der Waals surface area contributed by atoms with E-state index in [1.165, 1.54) is 10.6 Å². The molecule has 11 heteroatoms. The number of anilines is 1. The number of ether oxygens (including phenoxy) is 2. The van der Waals surface area contributed by atoms with Crippen molar-refractivity contribution >= 4 is 33.0 Å². The first kappa shape index (κ1) is 25.6. The Hall–Kier alpha value is -2.53. The number of fused-ring (bicyclic) bond motifs is 1. The Kier molecular flexibility index (Phi) is 7.75. The van der Waals surface area contributed by atoms with Crippen molar-refractivity contribution in [2.75, 3.05) is 71.7 Å². The number of hydrogen-bond donors (Lipinski definition) is 0. The fourth-order valence-electron chi connectivity index (χ4n) is 4.15. The van der Waals surface area contributed by atoms with Crippen LogP contribution < -0.4 is 14.4 Å². The van der Waals surface area contributed by atoms with E-state index in [0.29, 0.717) is 49.3 Å². The van der Waals surface area contributed by atoms with E-state index in [1.807, 2.05) is 55.2 Å². The topological polar surface area (TPSA) is 79.6 Å². The molecular formula is C24H32ClN5O4S. The predicted molar refractivity (Wildman–Crippen MR) is 139 cm³/mol. The van der Waals surface area contributed by atoms with Gasteiger partial charge in [0.15, 0.2) is 0 Å².